The van der Waals surface area contributed by atoms with Crippen LogP contribution in [0.2, 0.25) is 5.02 Å². The van der Waals surface area contributed by atoms with Crippen molar-refractivity contribution in [2.45, 2.75) is 25.9 Å². The molecule has 6 nitrogen and oxygen atoms in total. The Morgan fingerprint density at radius 2 is 1.82 bits per heavy atom. The van der Waals surface area contributed by atoms with E-state index in [4.69, 9.17) is 16.3 Å². The lowest BCUT2D eigenvalue weighted by Crippen LogP contribution is -2.29. The maximum atomic E-state index is 13.1. The van der Waals surface area contributed by atoms with Gasteiger partial charge < -0.3 is 14.7 Å². The fourth-order valence-electron chi connectivity index (χ4n) is 3.81. The van der Waals surface area contributed by atoms with Gasteiger partial charge in [-0.2, -0.15) is 0 Å². The number of pyridine rings is 1. The molecule has 4 rings (SSSR count). The SMILES string of the molecule is CCCOc1ccc([C@H]2C(=C(O)c3ccc(Cl)cc3)C(=O)C(=O)N2Cc2cccnc2)cc1. The highest BCUT2D eigenvalue weighted by atomic mass is 35.5. The monoisotopic (exact) mass is 462 g/mol. The molecule has 1 N–H and O–H groups in total. The van der Waals surface area contributed by atoms with E-state index in [1.807, 2.05) is 25.1 Å². The summed E-state index contributed by atoms with van der Waals surface area (Å²) >= 11 is 5.97. The molecule has 1 aliphatic heterocycles. The van der Waals surface area contributed by atoms with Crippen molar-refractivity contribution < 1.29 is 19.4 Å². The summed E-state index contributed by atoms with van der Waals surface area (Å²) in [5.41, 5.74) is 1.91. The number of rotatable bonds is 7. The van der Waals surface area contributed by atoms with Gasteiger partial charge in [-0.05, 0) is 60.0 Å². The number of ether oxygens (including phenoxy) is 1. The number of aromatic nitrogens is 1. The maximum absolute atomic E-state index is 13.1. The van der Waals surface area contributed by atoms with E-state index < -0.39 is 17.7 Å². The third-order valence-corrected chi connectivity index (χ3v) is 5.65. The zero-order valence-corrected chi connectivity index (χ0v) is 18.8. The number of aliphatic hydroxyl groups is 1. The molecule has 1 atom stereocenters. The standard InChI is InChI=1S/C26H23ClN2O4/c1-2-14-33-21-11-7-18(8-12-21)23-22(24(30)19-5-9-20(27)10-6-19)25(31)26(32)29(23)16-17-4-3-13-28-15-17/h3-13,15,23,30H,2,14,16H2,1H3/t23-/m0/s1. The van der Waals surface area contributed by atoms with Crippen LogP contribution >= 0.6 is 11.6 Å². The molecule has 1 saturated heterocycles. The highest BCUT2D eigenvalue weighted by Crippen LogP contribution is 2.40. The molecule has 7 heteroatoms. The average molecular weight is 463 g/mol. The minimum absolute atomic E-state index is 0.0356. The van der Waals surface area contributed by atoms with E-state index in [0.717, 1.165) is 12.0 Å². The quantitative estimate of drug-likeness (QED) is 0.298. The second-order valence-electron chi connectivity index (χ2n) is 7.71. The summed E-state index contributed by atoms with van der Waals surface area (Å²) in [6.45, 7) is 2.79. The number of aliphatic hydroxyl groups excluding tert-OH is 1. The molecule has 1 aromatic heterocycles. The van der Waals surface area contributed by atoms with Gasteiger partial charge in [0.05, 0.1) is 18.2 Å². The van der Waals surface area contributed by atoms with Gasteiger partial charge >= 0.3 is 0 Å². The number of ketones is 1. The second kappa shape index (κ2) is 9.88. The summed E-state index contributed by atoms with van der Waals surface area (Å²) in [5.74, 6) is -0.953. The third kappa shape index (κ3) is 4.76. The Kier molecular flexibility index (Phi) is 6.75. The van der Waals surface area contributed by atoms with Gasteiger partial charge in [-0.15, -0.1) is 0 Å². The van der Waals surface area contributed by atoms with E-state index in [2.05, 4.69) is 4.98 Å². The van der Waals surface area contributed by atoms with Gasteiger partial charge in [0.25, 0.3) is 11.7 Å². The molecule has 3 aromatic rings. The molecule has 0 saturated carbocycles. The minimum Gasteiger partial charge on any atom is -0.507 e. The van der Waals surface area contributed by atoms with Gasteiger partial charge in [-0.25, -0.2) is 0 Å². The fraction of sp³-hybridized carbons (Fsp3) is 0.192. The van der Waals surface area contributed by atoms with Crippen molar-refractivity contribution in [1.82, 2.24) is 9.88 Å². The van der Waals surface area contributed by atoms with Crippen molar-refractivity contribution in [3.8, 4) is 5.75 Å². The highest BCUT2D eigenvalue weighted by molar-refractivity contribution is 6.46. The van der Waals surface area contributed by atoms with Crippen LogP contribution in [-0.2, 0) is 16.1 Å². The number of hydrogen-bond donors (Lipinski definition) is 1. The van der Waals surface area contributed by atoms with Crippen LogP contribution in [0.4, 0.5) is 0 Å². The lowest BCUT2D eigenvalue weighted by atomic mass is 9.95. The van der Waals surface area contributed by atoms with Gasteiger partial charge in [0, 0.05) is 29.5 Å². The zero-order valence-electron chi connectivity index (χ0n) is 18.1. The third-order valence-electron chi connectivity index (χ3n) is 5.40. The summed E-state index contributed by atoms with van der Waals surface area (Å²) < 4.78 is 5.66. The van der Waals surface area contributed by atoms with Gasteiger partial charge in [0.15, 0.2) is 0 Å². The maximum Gasteiger partial charge on any atom is 0.295 e. The van der Waals surface area contributed by atoms with E-state index in [1.165, 1.54) is 4.90 Å². The van der Waals surface area contributed by atoms with Crippen molar-refractivity contribution in [1.29, 1.82) is 0 Å². The number of carbonyl (C=O) groups is 2. The smallest absolute Gasteiger partial charge is 0.295 e. The van der Waals surface area contributed by atoms with Crippen molar-refractivity contribution >= 4 is 29.1 Å². The summed E-state index contributed by atoms with van der Waals surface area (Å²) in [6.07, 6.45) is 4.18. The average Bonchev–Trinajstić information content (AvgIpc) is 3.08. The molecule has 0 aliphatic carbocycles. The van der Waals surface area contributed by atoms with E-state index in [1.54, 1.807) is 54.9 Å². The zero-order chi connectivity index (χ0) is 23.4. The molecule has 33 heavy (non-hydrogen) atoms. The van der Waals surface area contributed by atoms with E-state index in [9.17, 15) is 14.7 Å². The first-order chi connectivity index (χ1) is 16.0. The Hall–Kier alpha value is -3.64. The van der Waals surface area contributed by atoms with Gasteiger partial charge in [-0.1, -0.05) is 36.7 Å². The molecule has 1 aliphatic rings. The molecular weight excluding hydrogens is 440 g/mol. The first-order valence-corrected chi connectivity index (χ1v) is 11.0. The molecule has 0 bridgehead atoms. The van der Waals surface area contributed by atoms with E-state index >= 15 is 0 Å². The number of amides is 1. The summed E-state index contributed by atoms with van der Waals surface area (Å²) in [4.78, 5) is 31.7. The van der Waals surface area contributed by atoms with E-state index in [-0.39, 0.29) is 17.9 Å². The molecule has 1 amide bonds. The number of Topliss-reactive ketones (excluding diaryl/α,β-unsaturated/α-hetero) is 1. The molecule has 0 unspecified atom stereocenters. The Labute approximate surface area is 197 Å². The van der Waals surface area contributed by atoms with Crippen LogP contribution in [0.15, 0.2) is 78.6 Å². The summed E-state index contributed by atoms with van der Waals surface area (Å²) in [6, 6.07) is 16.6. The number of benzene rings is 2. The molecule has 1 fully saturated rings. The molecule has 168 valence electrons. The number of nitrogens with zero attached hydrogens (tertiary/aromatic N) is 2. The van der Waals surface area contributed by atoms with Crippen LogP contribution in [0.1, 0.15) is 36.1 Å². The van der Waals surface area contributed by atoms with Crippen LogP contribution in [0.3, 0.4) is 0 Å². The molecule has 2 heterocycles. The fourth-order valence-corrected chi connectivity index (χ4v) is 3.93. The summed E-state index contributed by atoms with van der Waals surface area (Å²) in [5, 5.41) is 11.6. The van der Waals surface area contributed by atoms with Crippen molar-refractivity contribution in [2.75, 3.05) is 6.61 Å². The number of hydrogen-bond acceptors (Lipinski definition) is 5. The largest absolute Gasteiger partial charge is 0.507 e. The van der Waals surface area contributed by atoms with Crippen molar-refractivity contribution in [2.24, 2.45) is 0 Å². The highest BCUT2D eigenvalue weighted by Gasteiger charge is 2.46. The Morgan fingerprint density at radius 1 is 1.09 bits per heavy atom. The molecule has 2 aromatic carbocycles. The number of likely N-dealkylation sites (tertiary alicyclic amines) is 1. The van der Waals surface area contributed by atoms with Crippen LogP contribution in [0, 0.1) is 0 Å². The predicted molar refractivity (Wildman–Crippen MR) is 126 cm³/mol. The Balaban J connectivity index is 1.80. The lowest BCUT2D eigenvalue weighted by Gasteiger charge is -2.25. The summed E-state index contributed by atoms with van der Waals surface area (Å²) in [7, 11) is 0. The van der Waals surface area contributed by atoms with Crippen LogP contribution < -0.4 is 4.74 Å². The van der Waals surface area contributed by atoms with Gasteiger partial charge in [-0.3, -0.25) is 14.6 Å². The minimum atomic E-state index is -0.763. The predicted octanol–water partition coefficient (Wildman–Crippen LogP) is 5.15. The first kappa shape index (κ1) is 22.6. The molecule has 0 spiro atoms. The normalized spacial score (nSPS) is 17.4. The number of carbonyl (C=O) groups excluding carboxylic acids is 2. The van der Waals surface area contributed by atoms with E-state index in [0.29, 0.717) is 28.5 Å². The van der Waals surface area contributed by atoms with Crippen LogP contribution in [0.5, 0.6) is 5.75 Å². The first-order valence-electron chi connectivity index (χ1n) is 10.7. The molecule has 0 radical (unpaired) electrons. The lowest BCUT2D eigenvalue weighted by molar-refractivity contribution is -0.140. The Bertz CT molecular complexity index is 1180. The van der Waals surface area contributed by atoms with Crippen molar-refractivity contribution in [3.63, 3.8) is 0 Å². The van der Waals surface area contributed by atoms with Crippen molar-refractivity contribution in [3.05, 3.63) is 100 Å². The van der Waals surface area contributed by atoms with Gasteiger partial charge in [0.1, 0.15) is 11.5 Å². The van der Waals surface area contributed by atoms with Gasteiger partial charge in [0.2, 0.25) is 0 Å². The van der Waals surface area contributed by atoms with Crippen LogP contribution in [0.25, 0.3) is 5.76 Å². The topological polar surface area (TPSA) is 79.7 Å². The number of halogens is 1. The Morgan fingerprint density at radius 3 is 2.45 bits per heavy atom. The second-order valence-corrected chi connectivity index (χ2v) is 8.15. The molecular formula is C26H23ClN2O4. The van der Waals surface area contributed by atoms with Crippen LogP contribution in [-0.4, -0.2) is 33.3 Å².